The quantitative estimate of drug-likeness (QED) is 0.824. The number of rotatable bonds is 7. The van der Waals surface area contributed by atoms with Gasteiger partial charge < -0.3 is 14.8 Å². The molecule has 0 fully saturated rings. The van der Waals surface area contributed by atoms with Crippen LogP contribution in [0.25, 0.3) is 10.8 Å². The lowest BCUT2D eigenvalue weighted by Gasteiger charge is -2.24. The highest BCUT2D eigenvalue weighted by molar-refractivity contribution is 6.06. The van der Waals surface area contributed by atoms with Crippen molar-refractivity contribution >= 4 is 22.4 Å². The van der Waals surface area contributed by atoms with E-state index in [1.54, 1.807) is 13.8 Å². The minimum absolute atomic E-state index is 0.153. The van der Waals surface area contributed by atoms with Gasteiger partial charge in [0.2, 0.25) is 0 Å². The molecule has 0 aliphatic carbocycles. The first-order valence-electron chi connectivity index (χ1n) is 8.09. The molecule has 0 saturated heterocycles. The van der Waals surface area contributed by atoms with Crippen molar-refractivity contribution in [2.24, 2.45) is 0 Å². The van der Waals surface area contributed by atoms with E-state index < -0.39 is 5.60 Å². The molecule has 23 heavy (non-hydrogen) atoms. The van der Waals surface area contributed by atoms with Crippen molar-refractivity contribution < 1.29 is 14.3 Å². The van der Waals surface area contributed by atoms with Crippen molar-refractivity contribution in [3.05, 3.63) is 36.4 Å². The number of benzene rings is 2. The Bertz CT molecular complexity index is 679. The highest BCUT2D eigenvalue weighted by atomic mass is 16.5. The van der Waals surface area contributed by atoms with Gasteiger partial charge in [-0.05, 0) is 39.3 Å². The number of hydrogen-bond acceptors (Lipinski definition) is 3. The van der Waals surface area contributed by atoms with E-state index in [0.717, 1.165) is 28.6 Å². The molecule has 124 valence electrons. The van der Waals surface area contributed by atoms with E-state index in [1.807, 2.05) is 50.2 Å². The first-order valence-corrected chi connectivity index (χ1v) is 8.09. The van der Waals surface area contributed by atoms with Crippen LogP contribution < -0.4 is 10.1 Å². The summed E-state index contributed by atoms with van der Waals surface area (Å²) in [7, 11) is 0. The third kappa shape index (κ3) is 4.02. The SMILES string of the molecule is CCCOC(C)(C)C(=O)Nc1ccc(OCC)c2ccccc12. The van der Waals surface area contributed by atoms with E-state index in [4.69, 9.17) is 9.47 Å². The van der Waals surface area contributed by atoms with Gasteiger partial charge in [-0.3, -0.25) is 4.79 Å². The average Bonchev–Trinajstić information content (AvgIpc) is 2.55. The molecule has 2 aromatic rings. The van der Waals surface area contributed by atoms with E-state index in [9.17, 15) is 4.79 Å². The Kier molecular flexibility index (Phi) is 5.61. The fraction of sp³-hybridized carbons (Fsp3) is 0.421. The van der Waals surface area contributed by atoms with Gasteiger partial charge >= 0.3 is 0 Å². The van der Waals surface area contributed by atoms with Crippen LogP contribution in [0.5, 0.6) is 5.75 Å². The van der Waals surface area contributed by atoms with E-state index in [1.165, 1.54) is 0 Å². The number of ether oxygens (including phenoxy) is 2. The van der Waals surface area contributed by atoms with Crippen LogP contribution >= 0.6 is 0 Å². The minimum atomic E-state index is -0.865. The number of amides is 1. The Morgan fingerprint density at radius 1 is 1.09 bits per heavy atom. The van der Waals surface area contributed by atoms with Gasteiger partial charge in [0, 0.05) is 23.1 Å². The molecule has 0 heterocycles. The normalized spacial score (nSPS) is 11.5. The lowest BCUT2D eigenvalue weighted by Crippen LogP contribution is -2.40. The molecule has 2 aromatic carbocycles. The number of nitrogens with one attached hydrogen (secondary N) is 1. The highest BCUT2D eigenvalue weighted by Crippen LogP contribution is 2.32. The lowest BCUT2D eigenvalue weighted by molar-refractivity contribution is -0.137. The van der Waals surface area contributed by atoms with Crippen LogP contribution in [0.1, 0.15) is 34.1 Å². The summed E-state index contributed by atoms with van der Waals surface area (Å²) in [6.07, 6.45) is 0.878. The summed E-state index contributed by atoms with van der Waals surface area (Å²) in [5, 5.41) is 4.93. The molecule has 0 radical (unpaired) electrons. The Hall–Kier alpha value is -2.07. The Morgan fingerprint density at radius 3 is 2.43 bits per heavy atom. The zero-order valence-electron chi connectivity index (χ0n) is 14.3. The molecule has 0 bridgehead atoms. The summed E-state index contributed by atoms with van der Waals surface area (Å²) < 4.78 is 11.3. The van der Waals surface area contributed by atoms with Gasteiger partial charge in [-0.1, -0.05) is 31.2 Å². The van der Waals surface area contributed by atoms with E-state index in [-0.39, 0.29) is 5.91 Å². The first kappa shape index (κ1) is 17.3. The number of fused-ring (bicyclic) bond motifs is 1. The van der Waals surface area contributed by atoms with E-state index in [0.29, 0.717) is 13.2 Å². The fourth-order valence-electron chi connectivity index (χ4n) is 2.36. The molecule has 2 rings (SSSR count). The summed E-state index contributed by atoms with van der Waals surface area (Å²) in [6.45, 7) is 8.72. The number of anilines is 1. The maximum absolute atomic E-state index is 12.5. The monoisotopic (exact) mass is 315 g/mol. The summed E-state index contributed by atoms with van der Waals surface area (Å²) in [5.41, 5.74) is -0.0994. The molecule has 0 aliphatic heterocycles. The molecule has 0 aliphatic rings. The van der Waals surface area contributed by atoms with Crippen LogP contribution in [0.3, 0.4) is 0 Å². The third-order valence-corrected chi connectivity index (χ3v) is 3.65. The minimum Gasteiger partial charge on any atom is -0.493 e. The lowest BCUT2D eigenvalue weighted by atomic mass is 10.1. The molecule has 0 saturated carbocycles. The van der Waals surface area contributed by atoms with Gasteiger partial charge in [-0.15, -0.1) is 0 Å². The van der Waals surface area contributed by atoms with Gasteiger partial charge in [-0.2, -0.15) is 0 Å². The average molecular weight is 315 g/mol. The predicted molar refractivity (Wildman–Crippen MR) is 94.1 cm³/mol. The van der Waals surface area contributed by atoms with Crippen molar-refractivity contribution in [1.29, 1.82) is 0 Å². The molecular weight excluding hydrogens is 290 g/mol. The van der Waals surface area contributed by atoms with E-state index in [2.05, 4.69) is 5.32 Å². The predicted octanol–water partition coefficient (Wildman–Crippen LogP) is 4.38. The zero-order valence-corrected chi connectivity index (χ0v) is 14.3. The zero-order chi connectivity index (χ0) is 16.9. The Morgan fingerprint density at radius 2 is 1.78 bits per heavy atom. The van der Waals surface area contributed by atoms with E-state index >= 15 is 0 Å². The topological polar surface area (TPSA) is 47.6 Å². The Balaban J connectivity index is 2.30. The molecule has 1 amide bonds. The van der Waals surface area contributed by atoms with Gasteiger partial charge in [-0.25, -0.2) is 0 Å². The molecule has 1 N–H and O–H groups in total. The van der Waals surface area contributed by atoms with Crippen molar-refractivity contribution in [3.63, 3.8) is 0 Å². The molecule has 0 aromatic heterocycles. The summed E-state index contributed by atoms with van der Waals surface area (Å²) in [4.78, 5) is 12.5. The maximum atomic E-state index is 12.5. The van der Waals surface area contributed by atoms with Gasteiger partial charge in [0.05, 0.1) is 6.61 Å². The number of carbonyl (C=O) groups excluding carboxylic acids is 1. The third-order valence-electron chi connectivity index (χ3n) is 3.65. The van der Waals surface area contributed by atoms with Crippen molar-refractivity contribution in [1.82, 2.24) is 0 Å². The van der Waals surface area contributed by atoms with Crippen LogP contribution in [0.4, 0.5) is 5.69 Å². The number of hydrogen-bond donors (Lipinski definition) is 1. The summed E-state index contributed by atoms with van der Waals surface area (Å²) in [5.74, 6) is 0.669. The van der Waals surface area contributed by atoms with Crippen LogP contribution in [-0.4, -0.2) is 24.7 Å². The van der Waals surface area contributed by atoms with Crippen LogP contribution in [0.15, 0.2) is 36.4 Å². The van der Waals surface area contributed by atoms with Crippen LogP contribution in [0.2, 0.25) is 0 Å². The molecule has 0 atom stereocenters. The van der Waals surface area contributed by atoms with Gasteiger partial charge in [0.25, 0.3) is 5.91 Å². The second-order valence-electron chi connectivity index (χ2n) is 5.90. The second kappa shape index (κ2) is 7.47. The summed E-state index contributed by atoms with van der Waals surface area (Å²) in [6, 6.07) is 11.7. The van der Waals surface area contributed by atoms with Crippen LogP contribution in [0, 0.1) is 0 Å². The van der Waals surface area contributed by atoms with Gasteiger partial charge in [0.15, 0.2) is 0 Å². The second-order valence-corrected chi connectivity index (χ2v) is 5.90. The fourth-order valence-corrected chi connectivity index (χ4v) is 2.36. The standard InChI is InChI=1S/C19H25NO3/c1-5-13-23-19(3,4)18(21)20-16-11-12-17(22-6-2)15-10-8-7-9-14(15)16/h7-12H,5-6,13H2,1-4H3,(H,20,21). The van der Waals surface area contributed by atoms with Crippen molar-refractivity contribution in [2.45, 2.75) is 39.7 Å². The molecule has 0 unspecified atom stereocenters. The van der Waals surface area contributed by atoms with Crippen molar-refractivity contribution in [2.75, 3.05) is 18.5 Å². The van der Waals surface area contributed by atoms with Crippen LogP contribution in [-0.2, 0) is 9.53 Å². The Labute approximate surface area is 137 Å². The highest BCUT2D eigenvalue weighted by Gasteiger charge is 2.28. The summed E-state index contributed by atoms with van der Waals surface area (Å²) >= 11 is 0. The molecule has 4 nitrogen and oxygen atoms in total. The smallest absolute Gasteiger partial charge is 0.256 e. The maximum Gasteiger partial charge on any atom is 0.256 e. The molecule has 4 heteroatoms. The van der Waals surface area contributed by atoms with Crippen molar-refractivity contribution in [3.8, 4) is 5.75 Å². The van der Waals surface area contributed by atoms with Gasteiger partial charge in [0.1, 0.15) is 11.4 Å². The number of carbonyl (C=O) groups is 1. The largest absolute Gasteiger partial charge is 0.493 e. The molecular formula is C19H25NO3. The molecule has 0 spiro atoms. The first-order chi connectivity index (χ1) is 11.0.